The van der Waals surface area contributed by atoms with E-state index in [2.05, 4.69) is 13.8 Å². The van der Waals surface area contributed by atoms with E-state index in [0.29, 0.717) is 5.92 Å². The molecule has 0 aromatic carbocycles. The summed E-state index contributed by atoms with van der Waals surface area (Å²) >= 11 is 0. The molecule has 15 heavy (non-hydrogen) atoms. The average molecular weight is 202 g/mol. The zero-order valence-electron chi connectivity index (χ0n) is 8.99. The lowest BCUT2D eigenvalue weighted by atomic mass is 9.88. The molecule has 0 saturated heterocycles. The summed E-state index contributed by atoms with van der Waals surface area (Å²) in [5.74, 6) is 1.36. The predicted octanol–water partition coefficient (Wildman–Crippen LogP) is 2.90. The standard InChI is InChI=1S/C13H14O2/c1-9-7-11-3-4-12(14)5-6-15-13(11)8-10(9)2/h3-6,8-9H,7H2,1-2H3/b4-3-,6-5-. The van der Waals surface area contributed by atoms with Crippen molar-refractivity contribution in [2.45, 2.75) is 20.3 Å². The normalized spacial score (nSPS) is 29.6. The number of ether oxygens (including phenoxy) is 1. The van der Waals surface area contributed by atoms with Crippen molar-refractivity contribution < 1.29 is 9.53 Å². The lowest BCUT2D eigenvalue weighted by Gasteiger charge is -2.21. The van der Waals surface area contributed by atoms with Crippen molar-refractivity contribution in [1.29, 1.82) is 0 Å². The molecule has 2 nitrogen and oxygen atoms in total. The number of hydrogen-bond donors (Lipinski definition) is 0. The highest BCUT2D eigenvalue weighted by Crippen LogP contribution is 2.30. The molecule has 1 heterocycles. The molecule has 0 aromatic rings. The Hall–Kier alpha value is -1.57. The molecule has 0 N–H and O–H groups in total. The van der Waals surface area contributed by atoms with Gasteiger partial charge in [-0.3, -0.25) is 4.79 Å². The summed E-state index contributed by atoms with van der Waals surface area (Å²) in [6, 6.07) is 0. The van der Waals surface area contributed by atoms with Gasteiger partial charge in [0.15, 0.2) is 5.78 Å². The maximum absolute atomic E-state index is 11.2. The molecule has 1 atom stereocenters. The van der Waals surface area contributed by atoms with Gasteiger partial charge in [0.05, 0.1) is 6.26 Å². The van der Waals surface area contributed by atoms with Crippen LogP contribution in [0.5, 0.6) is 0 Å². The monoisotopic (exact) mass is 202 g/mol. The summed E-state index contributed by atoms with van der Waals surface area (Å²) in [5.41, 5.74) is 2.42. The number of hydrogen-bond acceptors (Lipinski definition) is 2. The molecule has 2 heteroatoms. The molecule has 0 radical (unpaired) electrons. The first-order valence-corrected chi connectivity index (χ1v) is 5.13. The van der Waals surface area contributed by atoms with Crippen molar-refractivity contribution in [2.75, 3.05) is 0 Å². The minimum absolute atomic E-state index is 0.0273. The van der Waals surface area contributed by atoms with Gasteiger partial charge in [0.25, 0.3) is 0 Å². The second-order valence-electron chi connectivity index (χ2n) is 4.04. The Balaban J connectivity index is 2.38. The predicted molar refractivity (Wildman–Crippen MR) is 58.9 cm³/mol. The molecule has 0 spiro atoms. The van der Waals surface area contributed by atoms with Gasteiger partial charge in [0.1, 0.15) is 5.76 Å². The third kappa shape index (κ3) is 2.09. The quantitative estimate of drug-likeness (QED) is 0.603. The summed E-state index contributed by atoms with van der Waals surface area (Å²) in [5, 5.41) is 0. The SMILES string of the molecule is CC1=CC2=C(/C=C\C(=O)/C=C\O2)CC1C. The topological polar surface area (TPSA) is 26.3 Å². The highest BCUT2D eigenvalue weighted by atomic mass is 16.5. The maximum Gasteiger partial charge on any atom is 0.181 e. The Kier molecular flexibility index (Phi) is 2.58. The first kappa shape index (κ1) is 9.97. The van der Waals surface area contributed by atoms with Crippen molar-refractivity contribution in [2.24, 2.45) is 5.92 Å². The van der Waals surface area contributed by atoms with E-state index in [1.165, 1.54) is 17.9 Å². The van der Waals surface area contributed by atoms with Crippen LogP contribution in [-0.2, 0) is 9.53 Å². The second-order valence-corrected chi connectivity index (χ2v) is 4.04. The Morgan fingerprint density at radius 1 is 1.33 bits per heavy atom. The number of carbonyl (C=O) groups is 1. The van der Waals surface area contributed by atoms with E-state index in [1.54, 1.807) is 6.08 Å². The molecule has 0 saturated carbocycles. The molecule has 78 valence electrons. The van der Waals surface area contributed by atoms with Crippen LogP contribution in [0.25, 0.3) is 0 Å². The molecule has 1 unspecified atom stereocenters. The summed E-state index contributed by atoms with van der Waals surface area (Å²) in [7, 11) is 0. The first-order chi connectivity index (χ1) is 7.16. The van der Waals surface area contributed by atoms with Gasteiger partial charge in [-0.2, -0.15) is 0 Å². The van der Waals surface area contributed by atoms with E-state index in [1.807, 2.05) is 12.2 Å². The van der Waals surface area contributed by atoms with Crippen molar-refractivity contribution in [3.8, 4) is 0 Å². The molecule has 1 aliphatic heterocycles. The van der Waals surface area contributed by atoms with E-state index in [-0.39, 0.29) is 5.78 Å². The van der Waals surface area contributed by atoms with Crippen molar-refractivity contribution in [3.63, 3.8) is 0 Å². The second kappa shape index (κ2) is 3.89. The lowest BCUT2D eigenvalue weighted by molar-refractivity contribution is -0.110. The van der Waals surface area contributed by atoms with Crippen LogP contribution in [0.2, 0.25) is 0 Å². The highest BCUT2D eigenvalue weighted by molar-refractivity contribution is 5.99. The van der Waals surface area contributed by atoms with E-state index in [9.17, 15) is 4.79 Å². The number of ketones is 1. The number of rotatable bonds is 0. The molecule has 0 bridgehead atoms. The zero-order valence-corrected chi connectivity index (χ0v) is 8.99. The van der Waals surface area contributed by atoms with Crippen molar-refractivity contribution in [1.82, 2.24) is 0 Å². The van der Waals surface area contributed by atoms with Crippen LogP contribution in [0, 0.1) is 5.92 Å². The van der Waals surface area contributed by atoms with E-state index in [4.69, 9.17) is 4.74 Å². The van der Waals surface area contributed by atoms with Crippen molar-refractivity contribution >= 4 is 5.78 Å². The van der Waals surface area contributed by atoms with Gasteiger partial charge < -0.3 is 4.74 Å². The maximum atomic E-state index is 11.2. The smallest absolute Gasteiger partial charge is 0.181 e. The molecule has 2 aliphatic rings. The van der Waals surface area contributed by atoms with Gasteiger partial charge in [-0.05, 0) is 37.0 Å². The van der Waals surface area contributed by atoms with Gasteiger partial charge in [-0.1, -0.05) is 18.6 Å². The van der Waals surface area contributed by atoms with Crippen LogP contribution < -0.4 is 0 Å². The van der Waals surface area contributed by atoms with Crippen LogP contribution in [-0.4, -0.2) is 5.78 Å². The zero-order chi connectivity index (χ0) is 10.8. The third-order valence-electron chi connectivity index (χ3n) is 2.85. The van der Waals surface area contributed by atoms with Gasteiger partial charge in [0.2, 0.25) is 0 Å². The average Bonchev–Trinajstić information content (AvgIpc) is 2.18. The van der Waals surface area contributed by atoms with E-state index < -0.39 is 0 Å². The third-order valence-corrected chi connectivity index (χ3v) is 2.85. The Morgan fingerprint density at radius 3 is 2.93 bits per heavy atom. The molecule has 0 fully saturated rings. The summed E-state index contributed by atoms with van der Waals surface area (Å²) in [6.07, 6.45) is 9.34. The molecule has 0 aromatic heterocycles. The van der Waals surface area contributed by atoms with E-state index in [0.717, 1.165) is 17.8 Å². The molecule has 1 aliphatic carbocycles. The van der Waals surface area contributed by atoms with Crippen LogP contribution >= 0.6 is 0 Å². The fourth-order valence-corrected chi connectivity index (χ4v) is 1.71. The summed E-state index contributed by atoms with van der Waals surface area (Å²) < 4.78 is 5.43. The van der Waals surface area contributed by atoms with Crippen LogP contribution in [0.3, 0.4) is 0 Å². The fraction of sp³-hybridized carbons (Fsp3) is 0.308. The van der Waals surface area contributed by atoms with Crippen LogP contribution in [0.4, 0.5) is 0 Å². The minimum atomic E-state index is -0.0273. The van der Waals surface area contributed by atoms with E-state index >= 15 is 0 Å². The molecule has 0 amide bonds. The summed E-state index contributed by atoms with van der Waals surface area (Å²) in [4.78, 5) is 11.2. The first-order valence-electron chi connectivity index (χ1n) is 5.13. The lowest BCUT2D eigenvalue weighted by Crippen LogP contribution is -2.08. The molecular weight excluding hydrogens is 188 g/mol. The highest BCUT2D eigenvalue weighted by Gasteiger charge is 2.17. The number of allylic oxidation sites excluding steroid dienone is 6. The minimum Gasteiger partial charge on any atom is -0.465 e. The van der Waals surface area contributed by atoms with Gasteiger partial charge in [0, 0.05) is 6.08 Å². The number of carbonyl (C=O) groups excluding carboxylic acids is 1. The van der Waals surface area contributed by atoms with Crippen LogP contribution in [0.1, 0.15) is 20.3 Å². The Morgan fingerprint density at radius 2 is 2.13 bits per heavy atom. The van der Waals surface area contributed by atoms with Gasteiger partial charge in [-0.25, -0.2) is 0 Å². The Labute approximate surface area is 89.6 Å². The van der Waals surface area contributed by atoms with Crippen LogP contribution in [0.15, 0.2) is 47.5 Å². The molecule has 2 rings (SSSR count). The summed E-state index contributed by atoms with van der Waals surface area (Å²) in [6.45, 7) is 4.29. The van der Waals surface area contributed by atoms with Crippen molar-refractivity contribution in [3.05, 3.63) is 47.5 Å². The Bertz CT molecular complexity index is 408. The molecular formula is C13H14O2. The largest absolute Gasteiger partial charge is 0.465 e. The van der Waals surface area contributed by atoms with Gasteiger partial charge >= 0.3 is 0 Å². The fourth-order valence-electron chi connectivity index (χ4n) is 1.71. The van der Waals surface area contributed by atoms with Gasteiger partial charge in [-0.15, -0.1) is 0 Å².